The molecule has 1 aliphatic rings. The van der Waals surface area contributed by atoms with Gasteiger partial charge in [0, 0.05) is 31.4 Å². The molecule has 3 amide bonds. The Balaban J connectivity index is 1.72. The summed E-state index contributed by atoms with van der Waals surface area (Å²) in [5.74, 6) is -0.135. The first-order chi connectivity index (χ1) is 11.5. The number of aryl methyl sites for hydroxylation is 1. The highest BCUT2D eigenvalue weighted by molar-refractivity contribution is 5.93. The van der Waals surface area contributed by atoms with Crippen LogP contribution in [0, 0.1) is 6.92 Å². The van der Waals surface area contributed by atoms with Gasteiger partial charge in [-0.2, -0.15) is 0 Å². The molecule has 0 bridgehead atoms. The number of hydrogen-bond acceptors (Lipinski definition) is 2. The molecule has 0 atom stereocenters. The predicted molar refractivity (Wildman–Crippen MR) is 95.1 cm³/mol. The van der Waals surface area contributed by atoms with Crippen LogP contribution in [0.15, 0.2) is 42.5 Å². The number of hydrogen-bond donors (Lipinski definition) is 2. The van der Waals surface area contributed by atoms with Gasteiger partial charge in [0.1, 0.15) is 0 Å². The summed E-state index contributed by atoms with van der Waals surface area (Å²) in [4.78, 5) is 25.6. The van der Waals surface area contributed by atoms with E-state index in [4.69, 9.17) is 0 Å². The Morgan fingerprint density at radius 2 is 1.79 bits per heavy atom. The highest BCUT2D eigenvalue weighted by atomic mass is 16.2. The third-order valence-corrected chi connectivity index (χ3v) is 4.22. The van der Waals surface area contributed by atoms with Gasteiger partial charge in [0.2, 0.25) is 5.91 Å². The quantitative estimate of drug-likeness (QED) is 0.888. The zero-order valence-electron chi connectivity index (χ0n) is 13.9. The average molecular weight is 323 g/mol. The number of amides is 3. The molecule has 1 aliphatic heterocycles. The molecule has 0 fully saturated rings. The number of carbonyl (C=O) groups is 2. The standard InChI is InChI=1S/C19H21N3O2/c1-13-7-8-17(20-14(2)23)11-18(13)21-19(24)22-10-9-15-5-3-4-6-16(15)12-22/h3-8,11H,9-10,12H2,1-2H3,(H,20,23)(H,21,24). The van der Waals surface area contributed by atoms with Gasteiger partial charge in [-0.15, -0.1) is 0 Å². The first kappa shape index (κ1) is 16.1. The molecular formula is C19H21N3O2. The lowest BCUT2D eigenvalue weighted by molar-refractivity contribution is -0.114. The van der Waals surface area contributed by atoms with Crippen molar-refractivity contribution >= 4 is 23.3 Å². The van der Waals surface area contributed by atoms with Crippen LogP contribution < -0.4 is 10.6 Å². The van der Waals surface area contributed by atoms with Crippen molar-refractivity contribution in [3.63, 3.8) is 0 Å². The zero-order chi connectivity index (χ0) is 17.1. The summed E-state index contributed by atoms with van der Waals surface area (Å²) in [5, 5.41) is 5.69. The largest absolute Gasteiger partial charge is 0.326 e. The van der Waals surface area contributed by atoms with E-state index in [2.05, 4.69) is 22.8 Å². The molecule has 2 aromatic carbocycles. The lowest BCUT2D eigenvalue weighted by Gasteiger charge is -2.29. The second kappa shape index (κ2) is 6.74. The van der Waals surface area contributed by atoms with Gasteiger partial charge in [-0.1, -0.05) is 30.3 Å². The number of benzene rings is 2. The lowest BCUT2D eigenvalue weighted by Crippen LogP contribution is -2.39. The molecule has 0 saturated carbocycles. The molecular weight excluding hydrogens is 302 g/mol. The molecule has 2 aromatic rings. The van der Waals surface area contributed by atoms with E-state index in [1.54, 1.807) is 6.07 Å². The highest BCUT2D eigenvalue weighted by Gasteiger charge is 2.20. The van der Waals surface area contributed by atoms with Gasteiger partial charge in [0.25, 0.3) is 0 Å². The Kier molecular flexibility index (Phi) is 4.51. The van der Waals surface area contributed by atoms with E-state index in [1.165, 1.54) is 18.1 Å². The lowest BCUT2D eigenvalue weighted by atomic mass is 10.0. The first-order valence-electron chi connectivity index (χ1n) is 8.04. The summed E-state index contributed by atoms with van der Waals surface area (Å²) in [5.41, 5.74) is 4.85. The molecule has 0 aliphatic carbocycles. The number of rotatable bonds is 2. The van der Waals surface area contributed by atoms with E-state index in [1.807, 2.05) is 36.1 Å². The van der Waals surface area contributed by atoms with Crippen molar-refractivity contribution < 1.29 is 9.59 Å². The van der Waals surface area contributed by atoms with Crippen LogP contribution in [0.4, 0.5) is 16.2 Å². The van der Waals surface area contributed by atoms with Gasteiger partial charge in [-0.25, -0.2) is 4.79 Å². The maximum absolute atomic E-state index is 12.6. The maximum Gasteiger partial charge on any atom is 0.322 e. The zero-order valence-corrected chi connectivity index (χ0v) is 13.9. The Morgan fingerprint density at radius 3 is 2.54 bits per heavy atom. The number of nitrogens with zero attached hydrogens (tertiary/aromatic N) is 1. The molecule has 5 heteroatoms. The van der Waals surface area contributed by atoms with Crippen molar-refractivity contribution in [2.45, 2.75) is 26.8 Å². The summed E-state index contributed by atoms with van der Waals surface area (Å²) in [6.45, 7) is 4.71. The fraction of sp³-hybridized carbons (Fsp3) is 0.263. The number of anilines is 2. The van der Waals surface area contributed by atoms with Gasteiger partial charge < -0.3 is 15.5 Å². The van der Waals surface area contributed by atoms with Gasteiger partial charge in [-0.3, -0.25) is 4.79 Å². The molecule has 0 radical (unpaired) electrons. The molecule has 124 valence electrons. The van der Waals surface area contributed by atoms with E-state index in [0.717, 1.165) is 12.0 Å². The Bertz CT molecular complexity index is 786. The van der Waals surface area contributed by atoms with Crippen molar-refractivity contribution in [2.24, 2.45) is 0 Å². The summed E-state index contributed by atoms with van der Waals surface area (Å²) in [6.07, 6.45) is 0.870. The molecule has 5 nitrogen and oxygen atoms in total. The summed E-state index contributed by atoms with van der Waals surface area (Å²) in [7, 11) is 0. The Morgan fingerprint density at radius 1 is 1.04 bits per heavy atom. The van der Waals surface area contributed by atoms with Crippen LogP contribution in [-0.4, -0.2) is 23.4 Å². The van der Waals surface area contributed by atoms with E-state index in [9.17, 15) is 9.59 Å². The fourth-order valence-corrected chi connectivity index (χ4v) is 2.90. The first-order valence-corrected chi connectivity index (χ1v) is 8.04. The third-order valence-electron chi connectivity index (χ3n) is 4.22. The van der Waals surface area contributed by atoms with Crippen LogP contribution in [0.2, 0.25) is 0 Å². The second-order valence-electron chi connectivity index (χ2n) is 6.08. The molecule has 0 unspecified atom stereocenters. The minimum absolute atomic E-state index is 0.118. The molecule has 0 spiro atoms. The van der Waals surface area contributed by atoms with Crippen molar-refractivity contribution in [2.75, 3.05) is 17.2 Å². The highest BCUT2D eigenvalue weighted by Crippen LogP contribution is 2.23. The van der Waals surface area contributed by atoms with Crippen LogP contribution in [0.5, 0.6) is 0 Å². The summed E-state index contributed by atoms with van der Waals surface area (Å²) >= 11 is 0. The number of urea groups is 1. The number of carbonyl (C=O) groups excluding carboxylic acids is 2. The second-order valence-corrected chi connectivity index (χ2v) is 6.08. The topological polar surface area (TPSA) is 61.4 Å². The molecule has 24 heavy (non-hydrogen) atoms. The minimum Gasteiger partial charge on any atom is -0.326 e. The van der Waals surface area contributed by atoms with Crippen LogP contribution in [0.1, 0.15) is 23.6 Å². The molecule has 0 saturated heterocycles. The van der Waals surface area contributed by atoms with Crippen molar-refractivity contribution in [3.8, 4) is 0 Å². The maximum atomic E-state index is 12.6. The van der Waals surface area contributed by atoms with Gasteiger partial charge in [0.15, 0.2) is 0 Å². The Labute approximate surface area is 141 Å². The molecule has 1 heterocycles. The fourth-order valence-electron chi connectivity index (χ4n) is 2.90. The van der Waals surface area contributed by atoms with Crippen molar-refractivity contribution in [1.29, 1.82) is 0 Å². The summed E-state index contributed by atoms with van der Waals surface area (Å²) < 4.78 is 0. The van der Waals surface area contributed by atoms with Gasteiger partial charge in [-0.05, 0) is 42.2 Å². The SMILES string of the molecule is CC(=O)Nc1ccc(C)c(NC(=O)N2CCc3ccccc3C2)c1. The van der Waals surface area contributed by atoms with Crippen LogP contribution >= 0.6 is 0 Å². The van der Waals surface area contributed by atoms with Crippen LogP contribution in [-0.2, 0) is 17.8 Å². The third kappa shape index (κ3) is 3.56. The van der Waals surface area contributed by atoms with E-state index in [0.29, 0.717) is 24.5 Å². The van der Waals surface area contributed by atoms with Gasteiger partial charge in [0.05, 0.1) is 0 Å². The summed E-state index contributed by atoms with van der Waals surface area (Å²) in [6, 6.07) is 13.6. The van der Waals surface area contributed by atoms with Crippen LogP contribution in [0.3, 0.4) is 0 Å². The monoisotopic (exact) mass is 323 g/mol. The van der Waals surface area contributed by atoms with Crippen molar-refractivity contribution in [1.82, 2.24) is 4.90 Å². The van der Waals surface area contributed by atoms with E-state index in [-0.39, 0.29) is 11.9 Å². The Hall–Kier alpha value is -2.82. The number of nitrogens with one attached hydrogen (secondary N) is 2. The number of fused-ring (bicyclic) bond motifs is 1. The molecule has 3 rings (SSSR count). The van der Waals surface area contributed by atoms with E-state index < -0.39 is 0 Å². The van der Waals surface area contributed by atoms with E-state index >= 15 is 0 Å². The average Bonchev–Trinajstić information content (AvgIpc) is 2.57. The molecule has 2 N–H and O–H groups in total. The predicted octanol–water partition coefficient (Wildman–Crippen LogP) is 3.54. The molecule has 0 aromatic heterocycles. The van der Waals surface area contributed by atoms with Gasteiger partial charge >= 0.3 is 6.03 Å². The smallest absolute Gasteiger partial charge is 0.322 e. The van der Waals surface area contributed by atoms with Crippen molar-refractivity contribution in [3.05, 3.63) is 59.2 Å². The normalized spacial score (nSPS) is 13.2. The minimum atomic E-state index is -0.135. The van der Waals surface area contributed by atoms with Crippen LogP contribution in [0.25, 0.3) is 0 Å².